The van der Waals surface area contributed by atoms with Gasteiger partial charge in [0.1, 0.15) is 16.1 Å². The van der Waals surface area contributed by atoms with Crippen LogP contribution in [0.25, 0.3) is 0 Å². The molecule has 0 aliphatic heterocycles. The topological polar surface area (TPSA) is 78.6 Å². The quantitative estimate of drug-likeness (QED) is 0.357. The van der Waals surface area contributed by atoms with E-state index in [1.165, 1.54) is 31.2 Å². The summed E-state index contributed by atoms with van der Waals surface area (Å²) in [6, 6.07) is 4.75. The smallest absolute Gasteiger partial charge is 0.270 e. The zero-order valence-corrected chi connectivity index (χ0v) is 13.9. The number of hydrogen-bond acceptors (Lipinski definition) is 5. The summed E-state index contributed by atoms with van der Waals surface area (Å²) in [5.74, 6) is 0. The largest absolute Gasteiger partial charge is 0.591 e. The van der Waals surface area contributed by atoms with Crippen molar-refractivity contribution in [1.82, 2.24) is 0 Å². The van der Waals surface area contributed by atoms with Gasteiger partial charge in [0.15, 0.2) is 0 Å². The van der Waals surface area contributed by atoms with Gasteiger partial charge in [0.05, 0.1) is 11.1 Å². The van der Waals surface area contributed by atoms with Crippen LogP contribution in [0.2, 0.25) is 0 Å². The van der Waals surface area contributed by atoms with Crippen LogP contribution in [-0.4, -0.2) is 25.7 Å². The minimum atomic E-state index is -1.37. The van der Waals surface area contributed by atoms with E-state index in [1.54, 1.807) is 17.8 Å². The first-order valence-corrected chi connectivity index (χ1v) is 8.67. The Labute approximate surface area is 131 Å². The Balaban J connectivity index is 2.26. The SMILES string of the molecule is CC(C)(C)[S@+]([O-])/N=C/c1cc([N+](=O)[O-])ccc1SC1CC1. The fourth-order valence-corrected chi connectivity index (χ4v) is 3.14. The van der Waals surface area contributed by atoms with Crippen LogP contribution < -0.4 is 0 Å². The molecule has 1 fully saturated rings. The van der Waals surface area contributed by atoms with Gasteiger partial charge in [0.2, 0.25) is 0 Å². The van der Waals surface area contributed by atoms with Crippen molar-refractivity contribution in [2.75, 3.05) is 0 Å². The van der Waals surface area contributed by atoms with Crippen molar-refractivity contribution < 1.29 is 9.48 Å². The molecule has 0 saturated heterocycles. The molecule has 1 aromatic rings. The number of hydrogen-bond donors (Lipinski definition) is 0. The van der Waals surface area contributed by atoms with Crippen molar-refractivity contribution in [2.24, 2.45) is 4.40 Å². The molecule has 0 unspecified atom stereocenters. The number of nitro benzene ring substituents is 1. The van der Waals surface area contributed by atoms with Gasteiger partial charge < -0.3 is 4.55 Å². The zero-order chi connectivity index (χ0) is 15.6. The zero-order valence-electron chi connectivity index (χ0n) is 12.2. The standard InChI is InChI=1S/C14H18N2O3S2/c1-14(2,3)21(19)15-9-10-8-11(16(17)18)4-7-13(10)20-12-5-6-12/h4,7-9,12H,5-6H2,1-3H3/b15-9+/t21-/m0/s1. The van der Waals surface area contributed by atoms with Gasteiger partial charge in [-0.3, -0.25) is 10.1 Å². The van der Waals surface area contributed by atoms with E-state index in [4.69, 9.17) is 0 Å². The van der Waals surface area contributed by atoms with Gasteiger partial charge in [-0.15, -0.1) is 11.8 Å². The maximum absolute atomic E-state index is 12.0. The van der Waals surface area contributed by atoms with Crippen molar-refractivity contribution in [3.8, 4) is 0 Å². The van der Waals surface area contributed by atoms with Crippen molar-refractivity contribution >= 4 is 35.0 Å². The predicted octanol–water partition coefficient (Wildman–Crippen LogP) is 3.73. The van der Waals surface area contributed by atoms with E-state index in [-0.39, 0.29) is 5.69 Å². The summed E-state index contributed by atoms with van der Waals surface area (Å²) >= 11 is 0.333. The molecule has 1 saturated carbocycles. The molecule has 2 rings (SSSR count). The fourth-order valence-electron chi connectivity index (χ4n) is 1.49. The Hall–Kier alpha value is -1.05. The minimum Gasteiger partial charge on any atom is -0.591 e. The maximum atomic E-state index is 12.0. The number of non-ortho nitro benzene ring substituents is 1. The highest BCUT2D eigenvalue weighted by atomic mass is 32.2. The summed E-state index contributed by atoms with van der Waals surface area (Å²) in [5, 5.41) is 11.5. The van der Waals surface area contributed by atoms with Crippen LogP contribution in [0.15, 0.2) is 27.5 Å². The molecule has 0 N–H and O–H groups in total. The Morgan fingerprint density at radius 2 is 2.10 bits per heavy atom. The van der Waals surface area contributed by atoms with Crippen molar-refractivity contribution in [2.45, 2.75) is 48.5 Å². The second-order valence-electron chi connectivity index (χ2n) is 5.89. The summed E-state index contributed by atoms with van der Waals surface area (Å²) in [4.78, 5) is 11.4. The third-order valence-electron chi connectivity index (χ3n) is 2.83. The average molecular weight is 326 g/mol. The van der Waals surface area contributed by atoms with Crippen LogP contribution in [0, 0.1) is 10.1 Å². The molecule has 1 atom stereocenters. The lowest BCUT2D eigenvalue weighted by atomic mass is 10.2. The molecule has 21 heavy (non-hydrogen) atoms. The first-order valence-electron chi connectivity index (χ1n) is 6.68. The molecular formula is C14H18N2O3S2. The van der Waals surface area contributed by atoms with Crippen LogP contribution in [0.3, 0.4) is 0 Å². The van der Waals surface area contributed by atoms with E-state index in [0.717, 1.165) is 4.90 Å². The molecule has 5 nitrogen and oxygen atoms in total. The van der Waals surface area contributed by atoms with Crippen LogP contribution in [0.5, 0.6) is 0 Å². The van der Waals surface area contributed by atoms with E-state index >= 15 is 0 Å². The van der Waals surface area contributed by atoms with E-state index in [0.29, 0.717) is 10.8 Å². The minimum absolute atomic E-state index is 0.0261. The van der Waals surface area contributed by atoms with E-state index < -0.39 is 21.0 Å². The molecule has 1 aromatic carbocycles. The van der Waals surface area contributed by atoms with Crippen LogP contribution in [-0.2, 0) is 11.4 Å². The average Bonchev–Trinajstić information content (AvgIpc) is 3.19. The summed E-state index contributed by atoms with van der Waals surface area (Å²) < 4.78 is 15.6. The van der Waals surface area contributed by atoms with Crippen LogP contribution in [0.4, 0.5) is 5.69 Å². The summed E-state index contributed by atoms with van der Waals surface area (Å²) in [6.45, 7) is 5.52. The second kappa shape index (κ2) is 6.37. The Kier molecular flexibility index (Phi) is 4.95. The molecule has 0 amide bonds. The number of benzene rings is 1. The lowest BCUT2D eigenvalue weighted by Crippen LogP contribution is -2.25. The Morgan fingerprint density at radius 1 is 1.43 bits per heavy atom. The van der Waals surface area contributed by atoms with Gasteiger partial charge in [-0.1, -0.05) is 4.40 Å². The number of nitro groups is 1. The molecule has 0 bridgehead atoms. The van der Waals surface area contributed by atoms with Gasteiger partial charge in [0.25, 0.3) is 5.69 Å². The molecule has 0 heterocycles. The van der Waals surface area contributed by atoms with Crippen molar-refractivity contribution in [3.05, 3.63) is 33.9 Å². The van der Waals surface area contributed by atoms with Gasteiger partial charge in [-0.25, -0.2) is 0 Å². The van der Waals surface area contributed by atoms with Gasteiger partial charge >= 0.3 is 0 Å². The Morgan fingerprint density at radius 3 is 2.62 bits per heavy atom. The van der Waals surface area contributed by atoms with E-state index in [1.807, 2.05) is 20.8 Å². The normalized spacial score (nSPS) is 17.1. The highest BCUT2D eigenvalue weighted by Crippen LogP contribution is 2.40. The number of nitrogens with zero attached hydrogens (tertiary/aromatic N) is 2. The predicted molar refractivity (Wildman–Crippen MR) is 87.5 cm³/mol. The highest BCUT2D eigenvalue weighted by molar-refractivity contribution is 8.00. The van der Waals surface area contributed by atoms with Crippen LogP contribution >= 0.6 is 11.8 Å². The highest BCUT2D eigenvalue weighted by Gasteiger charge is 2.27. The molecule has 0 radical (unpaired) electrons. The summed E-state index contributed by atoms with van der Waals surface area (Å²) in [5.41, 5.74) is 0.692. The van der Waals surface area contributed by atoms with Crippen molar-refractivity contribution in [3.63, 3.8) is 0 Å². The van der Waals surface area contributed by atoms with E-state index in [9.17, 15) is 14.7 Å². The fraction of sp³-hybridized carbons (Fsp3) is 0.500. The number of rotatable bonds is 5. The first-order chi connectivity index (χ1) is 9.77. The summed E-state index contributed by atoms with van der Waals surface area (Å²) in [6.07, 6.45) is 3.84. The first kappa shape index (κ1) is 16.3. The third-order valence-corrected chi connectivity index (χ3v) is 5.61. The lowest BCUT2D eigenvalue weighted by Gasteiger charge is -2.17. The number of thioether (sulfide) groups is 1. The molecular weight excluding hydrogens is 308 g/mol. The third kappa shape index (κ3) is 4.72. The maximum Gasteiger partial charge on any atom is 0.270 e. The van der Waals surface area contributed by atoms with Crippen molar-refractivity contribution in [1.29, 1.82) is 0 Å². The van der Waals surface area contributed by atoms with Gasteiger partial charge in [-0.05, 0) is 39.7 Å². The Bertz CT molecular complexity index is 566. The summed E-state index contributed by atoms with van der Waals surface area (Å²) in [7, 11) is 0. The molecule has 7 heteroatoms. The monoisotopic (exact) mass is 326 g/mol. The molecule has 114 valence electrons. The molecule has 0 spiro atoms. The van der Waals surface area contributed by atoms with E-state index in [2.05, 4.69) is 4.40 Å². The van der Waals surface area contributed by atoms with Gasteiger partial charge in [0, 0.05) is 27.8 Å². The molecule has 1 aliphatic rings. The van der Waals surface area contributed by atoms with Gasteiger partial charge in [-0.2, -0.15) is 0 Å². The molecule has 0 aromatic heterocycles. The molecule has 1 aliphatic carbocycles. The second-order valence-corrected chi connectivity index (χ2v) is 9.17. The van der Waals surface area contributed by atoms with Crippen LogP contribution in [0.1, 0.15) is 39.2 Å². The lowest BCUT2D eigenvalue weighted by molar-refractivity contribution is -0.384.